The molecule has 3 heteroatoms. The molecule has 3 rings (SSSR count). The molecule has 0 aromatic heterocycles. The van der Waals surface area contributed by atoms with Gasteiger partial charge >= 0.3 is 0 Å². The third-order valence-corrected chi connectivity index (χ3v) is 4.36. The molecule has 2 bridgehead atoms. The van der Waals surface area contributed by atoms with Gasteiger partial charge in [0, 0.05) is 0 Å². The molecular weight excluding hydrogens is 188 g/mol. The normalized spacial score (nSPS) is 51.9. The fourth-order valence-corrected chi connectivity index (χ4v) is 3.15. The van der Waals surface area contributed by atoms with Crippen molar-refractivity contribution in [2.24, 2.45) is 17.3 Å². The summed E-state index contributed by atoms with van der Waals surface area (Å²) in [5.74, 6) is 0.913. The van der Waals surface area contributed by atoms with Crippen molar-refractivity contribution in [1.29, 1.82) is 0 Å². The molecule has 2 nitrogen and oxygen atoms in total. The van der Waals surface area contributed by atoms with Crippen LogP contribution in [0.5, 0.6) is 0 Å². The fourth-order valence-electron chi connectivity index (χ4n) is 3.15. The number of hydrogen-bond acceptors (Lipinski definition) is 2. The second kappa shape index (κ2) is 2.85. The number of rotatable bonds is 0. The van der Waals surface area contributed by atoms with Gasteiger partial charge in [-0.3, -0.25) is 0 Å². The molecule has 0 aromatic rings. The Hall–Kier alpha value is 0.210. The molecule has 3 fully saturated rings. The topological polar surface area (TPSA) is 40.5 Å². The van der Waals surface area contributed by atoms with Gasteiger partial charge in [-0.25, -0.2) is 0 Å². The minimum Gasteiger partial charge on any atom is -0.390 e. The van der Waals surface area contributed by atoms with E-state index in [0.717, 1.165) is 12.8 Å². The van der Waals surface area contributed by atoms with Crippen molar-refractivity contribution in [1.82, 2.24) is 0 Å². The highest BCUT2D eigenvalue weighted by atomic mass is 35.5. The minimum atomic E-state index is -0.849. The maximum absolute atomic E-state index is 10.0. The molecule has 3 aliphatic carbocycles. The zero-order valence-electron chi connectivity index (χ0n) is 8.45. The molecule has 3 aliphatic rings. The monoisotopic (exact) mass is 206 g/mol. The highest BCUT2D eigenvalue weighted by Gasteiger charge is 2.62. The third-order valence-electron chi connectivity index (χ3n) is 4.36. The SMILES string of the molecule is CC1(C)C2CC(O)C(C)(O)C1C2.Cl. The third kappa shape index (κ3) is 1.23. The smallest absolute Gasteiger partial charge is 0.0910 e. The van der Waals surface area contributed by atoms with E-state index in [0.29, 0.717) is 11.8 Å². The van der Waals surface area contributed by atoms with Crippen LogP contribution in [0, 0.1) is 17.3 Å². The number of aliphatic hydroxyl groups excluding tert-OH is 1. The quantitative estimate of drug-likeness (QED) is 0.632. The molecule has 78 valence electrons. The lowest BCUT2D eigenvalue weighted by Crippen LogP contribution is -2.66. The van der Waals surface area contributed by atoms with E-state index in [9.17, 15) is 10.2 Å². The van der Waals surface area contributed by atoms with E-state index in [1.165, 1.54) is 0 Å². The van der Waals surface area contributed by atoms with E-state index in [-0.39, 0.29) is 17.8 Å². The van der Waals surface area contributed by atoms with Crippen LogP contribution in [0.1, 0.15) is 33.6 Å². The van der Waals surface area contributed by atoms with Gasteiger partial charge in [-0.2, -0.15) is 0 Å². The first-order chi connectivity index (χ1) is 5.37. The largest absolute Gasteiger partial charge is 0.390 e. The summed E-state index contributed by atoms with van der Waals surface area (Å²) in [5.41, 5.74) is -0.610. The van der Waals surface area contributed by atoms with E-state index >= 15 is 0 Å². The van der Waals surface area contributed by atoms with Crippen LogP contribution < -0.4 is 0 Å². The van der Waals surface area contributed by atoms with Crippen molar-refractivity contribution in [2.45, 2.75) is 45.3 Å². The molecular formula is C10H19ClO2. The van der Waals surface area contributed by atoms with Gasteiger partial charge < -0.3 is 10.2 Å². The summed E-state index contributed by atoms with van der Waals surface area (Å²) in [4.78, 5) is 0. The zero-order valence-corrected chi connectivity index (χ0v) is 9.27. The van der Waals surface area contributed by atoms with Crippen LogP contribution in [0.25, 0.3) is 0 Å². The Balaban J connectivity index is 0.000000845. The Bertz CT molecular complexity index is 213. The van der Waals surface area contributed by atoms with Crippen LogP contribution in [0.4, 0.5) is 0 Å². The average molecular weight is 207 g/mol. The molecule has 0 radical (unpaired) electrons. The molecule has 4 atom stereocenters. The van der Waals surface area contributed by atoms with E-state index in [1.807, 2.05) is 0 Å². The Morgan fingerprint density at radius 1 is 1.15 bits per heavy atom. The number of aliphatic hydroxyl groups is 2. The molecule has 13 heavy (non-hydrogen) atoms. The van der Waals surface area contributed by atoms with Crippen LogP contribution >= 0.6 is 12.4 Å². The number of halogens is 1. The average Bonchev–Trinajstić information content (AvgIpc) is 1.93. The Kier molecular flexibility index (Phi) is 2.47. The van der Waals surface area contributed by atoms with E-state index < -0.39 is 11.7 Å². The number of hydrogen-bond donors (Lipinski definition) is 2. The maximum Gasteiger partial charge on any atom is 0.0910 e. The zero-order chi connectivity index (χ0) is 9.15. The van der Waals surface area contributed by atoms with Crippen LogP contribution in [-0.2, 0) is 0 Å². The first-order valence-corrected chi connectivity index (χ1v) is 4.77. The first-order valence-electron chi connectivity index (χ1n) is 4.77. The predicted molar refractivity (Wildman–Crippen MR) is 53.9 cm³/mol. The minimum absolute atomic E-state index is 0. The summed E-state index contributed by atoms with van der Waals surface area (Å²) >= 11 is 0. The summed E-state index contributed by atoms with van der Waals surface area (Å²) in [6.45, 7) is 6.18. The van der Waals surface area contributed by atoms with Crippen LogP contribution in [0.15, 0.2) is 0 Å². The van der Waals surface area contributed by atoms with Crippen molar-refractivity contribution in [3.8, 4) is 0 Å². The Morgan fingerprint density at radius 2 is 1.69 bits per heavy atom. The molecule has 2 N–H and O–H groups in total. The molecule has 4 unspecified atom stereocenters. The van der Waals surface area contributed by atoms with E-state index in [1.54, 1.807) is 6.92 Å². The van der Waals surface area contributed by atoms with Crippen LogP contribution in [0.3, 0.4) is 0 Å². The molecule has 3 saturated carbocycles. The summed E-state index contributed by atoms with van der Waals surface area (Å²) in [6, 6.07) is 0. The summed E-state index contributed by atoms with van der Waals surface area (Å²) in [5, 5.41) is 19.7. The molecule has 0 aliphatic heterocycles. The van der Waals surface area contributed by atoms with Crippen molar-refractivity contribution in [2.75, 3.05) is 0 Å². The molecule has 0 saturated heterocycles. The first kappa shape index (κ1) is 11.3. The lowest BCUT2D eigenvalue weighted by molar-refractivity contribution is -0.245. The van der Waals surface area contributed by atoms with Crippen LogP contribution in [-0.4, -0.2) is 21.9 Å². The van der Waals surface area contributed by atoms with Crippen molar-refractivity contribution in [3.63, 3.8) is 0 Å². The summed E-state index contributed by atoms with van der Waals surface area (Å²) in [6.07, 6.45) is 1.36. The van der Waals surface area contributed by atoms with Gasteiger partial charge in [-0.15, -0.1) is 12.4 Å². The number of fused-ring (bicyclic) bond motifs is 2. The van der Waals surface area contributed by atoms with Gasteiger partial charge in [0.2, 0.25) is 0 Å². The van der Waals surface area contributed by atoms with Gasteiger partial charge in [0.15, 0.2) is 0 Å². The molecule has 0 aromatic carbocycles. The van der Waals surface area contributed by atoms with Crippen molar-refractivity contribution in [3.05, 3.63) is 0 Å². The van der Waals surface area contributed by atoms with Crippen molar-refractivity contribution >= 4 is 12.4 Å². The standard InChI is InChI=1S/C10H18O2.ClH/c1-9(2)6-4-7(9)10(3,12)8(11)5-6;/h6-8,11-12H,4-5H2,1-3H3;1H. The molecule has 0 heterocycles. The predicted octanol–water partition coefficient (Wildman–Crippen LogP) is 1.59. The maximum atomic E-state index is 10.0. The van der Waals surface area contributed by atoms with E-state index in [4.69, 9.17) is 0 Å². The summed E-state index contributed by atoms with van der Waals surface area (Å²) < 4.78 is 0. The Labute approximate surface area is 85.8 Å². The molecule has 0 spiro atoms. The van der Waals surface area contributed by atoms with E-state index in [2.05, 4.69) is 13.8 Å². The second-order valence-electron chi connectivity index (χ2n) is 5.28. The van der Waals surface area contributed by atoms with Gasteiger partial charge in [0.25, 0.3) is 0 Å². The van der Waals surface area contributed by atoms with Crippen LogP contribution in [0.2, 0.25) is 0 Å². The van der Waals surface area contributed by atoms with Gasteiger partial charge in [-0.05, 0) is 37.0 Å². The Morgan fingerprint density at radius 3 is 2.00 bits per heavy atom. The lowest BCUT2D eigenvalue weighted by atomic mass is 9.43. The lowest BCUT2D eigenvalue weighted by Gasteiger charge is -2.64. The highest BCUT2D eigenvalue weighted by molar-refractivity contribution is 5.85. The summed E-state index contributed by atoms with van der Waals surface area (Å²) in [7, 11) is 0. The highest BCUT2D eigenvalue weighted by Crippen LogP contribution is 2.62. The fraction of sp³-hybridized carbons (Fsp3) is 1.00. The van der Waals surface area contributed by atoms with Crippen molar-refractivity contribution < 1.29 is 10.2 Å². The van der Waals surface area contributed by atoms with Gasteiger partial charge in [0.1, 0.15) is 0 Å². The van der Waals surface area contributed by atoms with Gasteiger partial charge in [0.05, 0.1) is 11.7 Å². The van der Waals surface area contributed by atoms with Gasteiger partial charge in [-0.1, -0.05) is 13.8 Å². The second-order valence-corrected chi connectivity index (χ2v) is 5.28. The molecule has 0 amide bonds.